The van der Waals surface area contributed by atoms with Crippen molar-refractivity contribution in [1.29, 1.82) is 0 Å². The minimum Gasteiger partial charge on any atom is -0.367 e. The molecule has 3 heteroatoms. The van der Waals surface area contributed by atoms with Crippen LogP contribution in [0.3, 0.4) is 0 Å². The molecule has 0 radical (unpaired) electrons. The summed E-state index contributed by atoms with van der Waals surface area (Å²) in [6, 6.07) is 2.14. The number of aryl methyl sites for hydroxylation is 1. The van der Waals surface area contributed by atoms with Gasteiger partial charge < -0.3 is 10.6 Å². The third kappa shape index (κ3) is 2.25. The van der Waals surface area contributed by atoms with E-state index >= 15 is 0 Å². The number of aromatic nitrogens is 1. The molecule has 0 saturated carbocycles. The van der Waals surface area contributed by atoms with E-state index in [1.165, 1.54) is 11.3 Å². The van der Waals surface area contributed by atoms with Crippen LogP contribution in [0.15, 0.2) is 23.9 Å². The molecule has 0 saturated heterocycles. The lowest BCUT2D eigenvalue weighted by Gasteiger charge is -2.30. The molecular formula is C13H19N3. The Hall–Kier alpha value is -1.35. The van der Waals surface area contributed by atoms with E-state index < -0.39 is 0 Å². The number of pyridine rings is 1. The van der Waals surface area contributed by atoms with Gasteiger partial charge in [-0.15, -0.1) is 0 Å². The molecule has 2 heterocycles. The Morgan fingerprint density at radius 3 is 2.94 bits per heavy atom. The van der Waals surface area contributed by atoms with E-state index in [0.717, 1.165) is 30.8 Å². The molecule has 0 bridgehead atoms. The fourth-order valence-corrected chi connectivity index (χ4v) is 2.14. The molecule has 2 N–H and O–H groups in total. The minimum atomic E-state index is 0.557. The average Bonchev–Trinajstić information content (AvgIpc) is 2.29. The number of nitrogens with two attached hydrogens (primary N) is 1. The fraction of sp³-hybridized carbons (Fsp3) is 0.462. The lowest BCUT2D eigenvalue weighted by Crippen LogP contribution is -2.30. The summed E-state index contributed by atoms with van der Waals surface area (Å²) in [5.74, 6) is 0. The highest BCUT2D eigenvalue weighted by molar-refractivity contribution is 5.55. The molecule has 2 rings (SSSR count). The molecule has 0 aromatic carbocycles. The van der Waals surface area contributed by atoms with Gasteiger partial charge in [0.1, 0.15) is 0 Å². The first-order valence-electron chi connectivity index (χ1n) is 5.77. The standard InChI is InChI=1S/C13H19N3/c1-10-4-3-5-16(9-10)13-6-11(2)15-8-12(13)7-14/h4,6,8H,3,5,7,9,14H2,1-2H3. The molecule has 0 unspecified atom stereocenters. The summed E-state index contributed by atoms with van der Waals surface area (Å²) in [5.41, 5.74) is 10.6. The van der Waals surface area contributed by atoms with E-state index in [-0.39, 0.29) is 0 Å². The number of hydrogen-bond donors (Lipinski definition) is 1. The molecule has 1 aromatic heterocycles. The molecule has 3 nitrogen and oxygen atoms in total. The molecule has 0 spiro atoms. The Bertz CT molecular complexity index is 410. The van der Waals surface area contributed by atoms with Gasteiger partial charge in [-0.2, -0.15) is 0 Å². The predicted octanol–water partition coefficient (Wildman–Crippen LogP) is 2.01. The first kappa shape index (κ1) is 11.1. The molecule has 1 aliphatic heterocycles. The third-order valence-electron chi connectivity index (χ3n) is 2.99. The summed E-state index contributed by atoms with van der Waals surface area (Å²) in [4.78, 5) is 6.70. The fourth-order valence-electron chi connectivity index (χ4n) is 2.14. The van der Waals surface area contributed by atoms with Crippen molar-refractivity contribution >= 4 is 5.69 Å². The maximum absolute atomic E-state index is 5.76. The Kier molecular flexibility index (Phi) is 3.25. The molecule has 1 aliphatic rings. The van der Waals surface area contributed by atoms with Crippen molar-refractivity contribution in [2.24, 2.45) is 5.73 Å². The summed E-state index contributed by atoms with van der Waals surface area (Å²) >= 11 is 0. The predicted molar refractivity (Wildman–Crippen MR) is 67.5 cm³/mol. The van der Waals surface area contributed by atoms with Crippen LogP contribution in [0.4, 0.5) is 5.69 Å². The van der Waals surface area contributed by atoms with Gasteiger partial charge in [0.15, 0.2) is 0 Å². The Labute approximate surface area is 97.0 Å². The number of nitrogens with zero attached hydrogens (tertiary/aromatic N) is 2. The molecule has 1 aromatic rings. The Morgan fingerprint density at radius 2 is 2.25 bits per heavy atom. The molecule has 0 atom stereocenters. The maximum Gasteiger partial charge on any atom is 0.0448 e. The first-order chi connectivity index (χ1) is 7.70. The number of rotatable bonds is 2. The Balaban J connectivity index is 2.31. The van der Waals surface area contributed by atoms with E-state index in [4.69, 9.17) is 5.73 Å². The lowest BCUT2D eigenvalue weighted by atomic mass is 10.1. The third-order valence-corrected chi connectivity index (χ3v) is 2.99. The highest BCUT2D eigenvalue weighted by atomic mass is 15.1. The summed E-state index contributed by atoms with van der Waals surface area (Å²) in [5, 5.41) is 0. The topological polar surface area (TPSA) is 42.2 Å². The first-order valence-corrected chi connectivity index (χ1v) is 5.77. The average molecular weight is 217 g/mol. The number of hydrogen-bond acceptors (Lipinski definition) is 3. The zero-order valence-corrected chi connectivity index (χ0v) is 10.0. The SMILES string of the molecule is CC1=CCCN(c2cc(C)ncc2CN)C1. The molecular weight excluding hydrogens is 198 g/mol. The van der Waals surface area contributed by atoms with Gasteiger partial charge in [-0.1, -0.05) is 11.6 Å². The van der Waals surface area contributed by atoms with Crippen molar-refractivity contribution in [2.45, 2.75) is 26.8 Å². The largest absolute Gasteiger partial charge is 0.367 e. The van der Waals surface area contributed by atoms with Crippen molar-refractivity contribution in [3.8, 4) is 0 Å². The van der Waals surface area contributed by atoms with E-state index in [1.807, 2.05) is 13.1 Å². The van der Waals surface area contributed by atoms with Crippen molar-refractivity contribution in [3.63, 3.8) is 0 Å². The van der Waals surface area contributed by atoms with Crippen LogP contribution in [-0.2, 0) is 6.54 Å². The molecule has 0 amide bonds. The van der Waals surface area contributed by atoms with Crippen LogP contribution < -0.4 is 10.6 Å². The van der Waals surface area contributed by atoms with E-state index in [9.17, 15) is 0 Å². The van der Waals surface area contributed by atoms with Gasteiger partial charge in [-0.3, -0.25) is 4.98 Å². The van der Waals surface area contributed by atoms with Crippen LogP contribution in [0.5, 0.6) is 0 Å². The van der Waals surface area contributed by atoms with Gasteiger partial charge in [0, 0.05) is 42.8 Å². The van der Waals surface area contributed by atoms with Crippen LogP contribution in [0.2, 0.25) is 0 Å². The van der Waals surface area contributed by atoms with Gasteiger partial charge in [0.2, 0.25) is 0 Å². The second kappa shape index (κ2) is 4.66. The monoisotopic (exact) mass is 217 g/mol. The van der Waals surface area contributed by atoms with Gasteiger partial charge in [-0.25, -0.2) is 0 Å². The van der Waals surface area contributed by atoms with Crippen LogP contribution in [0.1, 0.15) is 24.6 Å². The second-order valence-electron chi connectivity index (χ2n) is 4.42. The quantitative estimate of drug-likeness (QED) is 0.770. The van der Waals surface area contributed by atoms with Crippen molar-refractivity contribution < 1.29 is 0 Å². The lowest BCUT2D eigenvalue weighted by molar-refractivity contribution is 0.782. The van der Waals surface area contributed by atoms with Gasteiger partial charge in [0.05, 0.1) is 0 Å². The Morgan fingerprint density at radius 1 is 1.44 bits per heavy atom. The highest BCUT2D eigenvalue weighted by Crippen LogP contribution is 2.24. The second-order valence-corrected chi connectivity index (χ2v) is 4.42. The van der Waals surface area contributed by atoms with Crippen molar-refractivity contribution in [1.82, 2.24) is 4.98 Å². The zero-order valence-electron chi connectivity index (χ0n) is 10.0. The van der Waals surface area contributed by atoms with Gasteiger partial charge in [-0.05, 0) is 26.3 Å². The highest BCUT2D eigenvalue weighted by Gasteiger charge is 2.14. The van der Waals surface area contributed by atoms with Crippen LogP contribution >= 0.6 is 0 Å². The smallest absolute Gasteiger partial charge is 0.0448 e. The van der Waals surface area contributed by atoms with Crippen LogP contribution in [0, 0.1) is 6.92 Å². The summed E-state index contributed by atoms with van der Waals surface area (Å²) < 4.78 is 0. The van der Waals surface area contributed by atoms with E-state index in [0.29, 0.717) is 6.54 Å². The summed E-state index contributed by atoms with van der Waals surface area (Å²) in [7, 11) is 0. The normalized spacial score (nSPS) is 16.2. The van der Waals surface area contributed by atoms with E-state index in [1.54, 1.807) is 0 Å². The van der Waals surface area contributed by atoms with Crippen molar-refractivity contribution in [2.75, 3.05) is 18.0 Å². The zero-order chi connectivity index (χ0) is 11.5. The molecule has 0 aliphatic carbocycles. The van der Waals surface area contributed by atoms with Gasteiger partial charge >= 0.3 is 0 Å². The minimum absolute atomic E-state index is 0.557. The van der Waals surface area contributed by atoms with Crippen molar-refractivity contribution in [3.05, 3.63) is 35.2 Å². The van der Waals surface area contributed by atoms with Crippen LogP contribution in [-0.4, -0.2) is 18.1 Å². The van der Waals surface area contributed by atoms with Crippen LogP contribution in [0.25, 0.3) is 0 Å². The number of anilines is 1. The van der Waals surface area contributed by atoms with E-state index in [2.05, 4.69) is 29.0 Å². The molecule has 16 heavy (non-hydrogen) atoms. The van der Waals surface area contributed by atoms with Gasteiger partial charge in [0.25, 0.3) is 0 Å². The molecule has 86 valence electrons. The summed E-state index contributed by atoms with van der Waals surface area (Å²) in [6.45, 7) is 6.85. The molecule has 0 fully saturated rings. The maximum atomic E-state index is 5.76. The summed E-state index contributed by atoms with van der Waals surface area (Å²) in [6.07, 6.45) is 5.34.